The van der Waals surface area contributed by atoms with Crippen molar-refractivity contribution in [2.24, 2.45) is 5.73 Å². The largest absolute Gasteiger partial charge is 0.495 e. The van der Waals surface area contributed by atoms with E-state index in [9.17, 15) is 0 Å². The first kappa shape index (κ1) is 13.1. The molecule has 4 heteroatoms. The summed E-state index contributed by atoms with van der Waals surface area (Å²) in [5, 5.41) is 1.58. The van der Waals surface area contributed by atoms with Gasteiger partial charge < -0.3 is 10.5 Å². The third-order valence-electron chi connectivity index (χ3n) is 3.17. The Morgan fingerprint density at radius 3 is 2.67 bits per heavy atom. The lowest BCUT2D eigenvalue weighted by atomic mass is 9.89. The van der Waals surface area contributed by atoms with Crippen molar-refractivity contribution in [1.29, 1.82) is 0 Å². The van der Waals surface area contributed by atoms with Crippen LogP contribution in [-0.4, -0.2) is 18.6 Å². The summed E-state index contributed by atoms with van der Waals surface area (Å²) in [5.74, 6) is 0.664. The summed E-state index contributed by atoms with van der Waals surface area (Å²) in [6, 6.07) is 7.74. The van der Waals surface area contributed by atoms with Gasteiger partial charge in [0.1, 0.15) is 5.75 Å². The van der Waals surface area contributed by atoms with E-state index < -0.39 is 0 Å². The lowest BCUT2D eigenvalue weighted by Gasteiger charge is -2.22. The molecule has 96 valence electrons. The van der Waals surface area contributed by atoms with Gasteiger partial charge in [-0.25, -0.2) is 0 Å². The Bertz CT molecular complexity index is 581. The number of methoxy groups -OCH3 is 1. The van der Waals surface area contributed by atoms with Crippen molar-refractivity contribution in [2.75, 3.05) is 13.7 Å². The standard InChI is InChI=1S/C14H17ClN2O/c1-14(2,8-16)13-5-4-9-6-12(18-3)10(15)7-11(9)17-13/h4-7H,8,16H2,1-3H3. The van der Waals surface area contributed by atoms with Gasteiger partial charge in [0.15, 0.2) is 0 Å². The number of rotatable bonds is 3. The number of halogens is 1. The molecule has 0 bridgehead atoms. The molecule has 0 saturated carbocycles. The van der Waals surface area contributed by atoms with Gasteiger partial charge >= 0.3 is 0 Å². The molecule has 0 aliphatic rings. The molecule has 1 aromatic carbocycles. The summed E-state index contributed by atoms with van der Waals surface area (Å²) < 4.78 is 5.19. The number of nitrogens with two attached hydrogens (primary N) is 1. The second-order valence-electron chi connectivity index (χ2n) is 4.96. The number of nitrogens with zero attached hydrogens (tertiary/aromatic N) is 1. The summed E-state index contributed by atoms with van der Waals surface area (Å²) in [4.78, 5) is 4.63. The number of hydrogen-bond donors (Lipinski definition) is 1. The highest BCUT2D eigenvalue weighted by Gasteiger charge is 2.20. The zero-order valence-electron chi connectivity index (χ0n) is 10.8. The molecule has 2 rings (SSSR count). The molecule has 0 aliphatic heterocycles. The molecule has 2 N–H and O–H groups in total. The first-order valence-electron chi connectivity index (χ1n) is 5.83. The number of aromatic nitrogens is 1. The summed E-state index contributed by atoms with van der Waals surface area (Å²) in [5.41, 5.74) is 7.47. The Morgan fingerprint density at radius 1 is 1.33 bits per heavy atom. The van der Waals surface area contributed by atoms with Crippen LogP contribution >= 0.6 is 11.6 Å². The molecule has 0 fully saturated rings. The van der Waals surface area contributed by atoms with Crippen LogP contribution in [0.5, 0.6) is 5.75 Å². The van der Waals surface area contributed by atoms with Crippen LogP contribution in [0.15, 0.2) is 24.3 Å². The second kappa shape index (κ2) is 4.75. The molecule has 1 heterocycles. The highest BCUT2D eigenvalue weighted by atomic mass is 35.5. The van der Waals surface area contributed by atoms with Gasteiger partial charge in [-0.2, -0.15) is 0 Å². The maximum absolute atomic E-state index is 6.11. The topological polar surface area (TPSA) is 48.1 Å². The molecular weight excluding hydrogens is 248 g/mol. The van der Waals surface area contributed by atoms with Crippen LogP contribution in [0.2, 0.25) is 5.02 Å². The Labute approximate surface area is 112 Å². The van der Waals surface area contributed by atoms with Crippen LogP contribution in [0, 0.1) is 0 Å². The molecule has 0 spiro atoms. The van der Waals surface area contributed by atoms with Crippen LogP contribution in [0.25, 0.3) is 10.9 Å². The lowest BCUT2D eigenvalue weighted by molar-refractivity contribution is 0.415. The number of fused-ring (bicyclic) bond motifs is 1. The fourth-order valence-corrected chi connectivity index (χ4v) is 2.00. The molecular formula is C14H17ClN2O. The van der Waals surface area contributed by atoms with E-state index in [1.165, 1.54) is 0 Å². The van der Waals surface area contributed by atoms with Gasteiger partial charge in [0.05, 0.1) is 17.6 Å². The molecule has 0 unspecified atom stereocenters. The highest BCUT2D eigenvalue weighted by molar-refractivity contribution is 6.32. The molecule has 3 nitrogen and oxygen atoms in total. The SMILES string of the molecule is COc1cc2ccc(C(C)(C)CN)nc2cc1Cl. The van der Waals surface area contributed by atoms with Crippen LogP contribution in [0.3, 0.4) is 0 Å². The monoisotopic (exact) mass is 264 g/mol. The van der Waals surface area contributed by atoms with E-state index in [4.69, 9.17) is 22.1 Å². The Kier molecular flexibility index (Phi) is 3.46. The molecule has 0 saturated heterocycles. The zero-order valence-corrected chi connectivity index (χ0v) is 11.6. The molecule has 0 atom stereocenters. The first-order valence-corrected chi connectivity index (χ1v) is 6.20. The maximum Gasteiger partial charge on any atom is 0.138 e. The molecule has 0 amide bonds. The second-order valence-corrected chi connectivity index (χ2v) is 5.37. The van der Waals surface area contributed by atoms with E-state index in [0.717, 1.165) is 16.6 Å². The van der Waals surface area contributed by atoms with E-state index in [1.807, 2.05) is 24.3 Å². The predicted molar refractivity (Wildman–Crippen MR) is 75.4 cm³/mol. The molecule has 0 aliphatic carbocycles. The first-order chi connectivity index (χ1) is 8.47. The third-order valence-corrected chi connectivity index (χ3v) is 3.46. The summed E-state index contributed by atoms with van der Waals surface area (Å²) >= 11 is 6.11. The van der Waals surface area contributed by atoms with Gasteiger partial charge in [0.25, 0.3) is 0 Å². The predicted octanol–water partition coefficient (Wildman–Crippen LogP) is 3.13. The third kappa shape index (κ3) is 2.28. The van der Waals surface area contributed by atoms with Crippen molar-refractivity contribution >= 4 is 22.5 Å². The van der Waals surface area contributed by atoms with Gasteiger partial charge in [-0.3, -0.25) is 4.98 Å². The van der Waals surface area contributed by atoms with Gasteiger partial charge in [0, 0.05) is 23.0 Å². The number of pyridine rings is 1. The van der Waals surface area contributed by atoms with Crippen molar-refractivity contribution in [3.05, 3.63) is 35.0 Å². The van der Waals surface area contributed by atoms with E-state index in [2.05, 4.69) is 18.8 Å². The van der Waals surface area contributed by atoms with Crippen LogP contribution in [0.1, 0.15) is 19.5 Å². The van der Waals surface area contributed by atoms with Gasteiger partial charge in [-0.1, -0.05) is 31.5 Å². The van der Waals surface area contributed by atoms with Crippen molar-refractivity contribution in [3.8, 4) is 5.75 Å². The van der Waals surface area contributed by atoms with Crippen molar-refractivity contribution in [3.63, 3.8) is 0 Å². The number of benzene rings is 1. The Hall–Kier alpha value is -1.32. The summed E-state index contributed by atoms with van der Waals surface area (Å²) in [6.07, 6.45) is 0. The zero-order chi connectivity index (χ0) is 13.3. The summed E-state index contributed by atoms with van der Waals surface area (Å²) in [7, 11) is 1.60. The fourth-order valence-electron chi connectivity index (χ4n) is 1.76. The molecule has 1 aromatic heterocycles. The Balaban J connectivity index is 2.59. The minimum absolute atomic E-state index is 0.138. The van der Waals surface area contributed by atoms with E-state index >= 15 is 0 Å². The Morgan fingerprint density at radius 2 is 2.06 bits per heavy atom. The lowest BCUT2D eigenvalue weighted by Crippen LogP contribution is -2.29. The van der Waals surface area contributed by atoms with Crippen molar-refractivity contribution < 1.29 is 4.74 Å². The molecule has 0 radical (unpaired) electrons. The maximum atomic E-state index is 6.11. The van der Waals surface area contributed by atoms with Crippen molar-refractivity contribution in [2.45, 2.75) is 19.3 Å². The molecule has 2 aromatic rings. The minimum Gasteiger partial charge on any atom is -0.495 e. The van der Waals surface area contributed by atoms with Gasteiger partial charge in [-0.15, -0.1) is 0 Å². The van der Waals surface area contributed by atoms with E-state index in [-0.39, 0.29) is 5.41 Å². The smallest absolute Gasteiger partial charge is 0.138 e. The quantitative estimate of drug-likeness (QED) is 0.927. The van der Waals surface area contributed by atoms with E-state index in [0.29, 0.717) is 17.3 Å². The average molecular weight is 265 g/mol. The highest BCUT2D eigenvalue weighted by Crippen LogP contribution is 2.30. The van der Waals surface area contributed by atoms with Gasteiger partial charge in [-0.05, 0) is 18.2 Å². The molecule has 18 heavy (non-hydrogen) atoms. The average Bonchev–Trinajstić information content (AvgIpc) is 2.37. The fraction of sp³-hybridized carbons (Fsp3) is 0.357. The normalized spacial score (nSPS) is 11.8. The van der Waals surface area contributed by atoms with E-state index in [1.54, 1.807) is 7.11 Å². The number of ether oxygens (including phenoxy) is 1. The number of hydrogen-bond acceptors (Lipinski definition) is 3. The van der Waals surface area contributed by atoms with Crippen LogP contribution < -0.4 is 10.5 Å². The minimum atomic E-state index is -0.138. The van der Waals surface area contributed by atoms with Gasteiger partial charge in [0.2, 0.25) is 0 Å². The van der Waals surface area contributed by atoms with Crippen LogP contribution in [-0.2, 0) is 5.41 Å². The van der Waals surface area contributed by atoms with Crippen molar-refractivity contribution in [1.82, 2.24) is 4.98 Å². The summed E-state index contributed by atoms with van der Waals surface area (Å²) in [6.45, 7) is 4.70. The van der Waals surface area contributed by atoms with Crippen LogP contribution in [0.4, 0.5) is 0 Å².